The Labute approximate surface area is 127 Å². The Hall–Kier alpha value is 3.27. The molecular formula is C4H10OY3. The first-order valence-corrected chi connectivity index (χ1v) is 1.72. The molecule has 1 nitrogen and oxygen atoms in total. The van der Waals surface area contributed by atoms with Crippen LogP contribution >= 0.6 is 0 Å². The van der Waals surface area contributed by atoms with Gasteiger partial charge in [0.1, 0.15) is 0 Å². The number of hydrogen-bond acceptors (Lipinski definition) is 1. The summed E-state index contributed by atoms with van der Waals surface area (Å²) in [6.07, 6.45) is 0. The first-order chi connectivity index (χ1) is 2.00. The van der Waals surface area contributed by atoms with Gasteiger partial charge in [0, 0.05) is 98.1 Å². The van der Waals surface area contributed by atoms with E-state index in [2.05, 4.69) is 0 Å². The van der Waals surface area contributed by atoms with Gasteiger partial charge in [-0.15, -0.1) is 0 Å². The first-order valence-electron chi connectivity index (χ1n) is 1.72. The first kappa shape index (κ1) is 22.5. The summed E-state index contributed by atoms with van der Waals surface area (Å²) in [6.45, 7) is 5.23. The third-order valence-electron chi connectivity index (χ3n) is 0. The quantitative estimate of drug-likeness (QED) is 0.690. The fourth-order valence-corrected chi connectivity index (χ4v) is 0. The zero-order valence-electron chi connectivity index (χ0n) is 5.68. The Morgan fingerprint density at radius 2 is 0.875 bits per heavy atom. The minimum Gasteiger partial charge on any atom is -0.391 e. The molecule has 0 amide bonds. The summed E-state index contributed by atoms with van der Waals surface area (Å²) in [5, 5.41) is 8.52. The van der Waals surface area contributed by atoms with Gasteiger partial charge in [0.05, 0.1) is 5.60 Å². The summed E-state index contributed by atoms with van der Waals surface area (Å²) in [7, 11) is 0. The van der Waals surface area contributed by atoms with Crippen LogP contribution in [0.15, 0.2) is 0 Å². The van der Waals surface area contributed by atoms with E-state index in [1.807, 2.05) is 0 Å². The van der Waals surface area contributed by atoms with Gasteiger partial charge in [0.25, 0.3) is 0 Å². The molecule has 1 N–H and O–H groups in total. The molecule has 0 saturated carbocycles. The van der Waals surface area contributed by atoms with Gasteiger partial charge in [0.2, 0.25) is 0 Å². The molecule has 0 unspecified atom stereocenters. The molecule has 8 heavy (non-hydrogen) atoms. The summed E-state index contributed by atoms with van der Waals surface area (Å²) in [4.78, 5) is 0. The normalized spacial score (nSPS) is 7.50. The Morgan fingerprint density at radius 1 is 0.875 bits per heavy atom. The van der Waals surface area contributed by atoms with Crippen LogP contribution < -0.4 is 0 Å². The van der Waals surface area contributed by atoms with Gasteiger partial charge in [-0.25, -0.2) is 0 Å². The van der Waals surface area contributed by atoms with Crippen LogP contribution in [0.2, 0.25) is 0 Å². The fraction of sp³-hybridized carbons (Fsp3) is 1.00. The number of rotatable bonds is 0. The van der Waals surface area contributed by atoms with Gasteiger partial charge >= 0.3 is 0 Å². The SMILES string of the molecule is CC(C)(C)O.[Y].[Y].[Y]. The van der Waals surface area contributed by atoms with Crippen LogP contribution in [0.3, 0.4) is 0 Å². The van der Waals surface area contributed by atoms with Gasteiger partial charge in [0.15, 0.2) is 0 Å². The molecule has 4 heteroatoms. The summed E-state index contributed by atoms with van der Waals surface area (Å²) in [5.74, 6) is 0. The average Bonchev–Trinajstić information content (AvgIpc) is 0.722. The number of hydrogen-bond donors (Lipinski definition) is 1. The van der Waals surface area contributed by atoms with Crippen LogP contribution in [0.5, 0.6) is 0 Å². The van der Waals surface area contributed by atoms with Gasteiger partial charge in [-0.3, -0.25) is 0 Å². The molecule has 0 aromatic carbocycles. The van der Waals surface area contributed by atoms with E-state index >= 15 is 0 Å². The van der Waals surface area contributed by atoms with Crippen molar-refractivity contribution in [2.24, 2.45) is 0 Å². The predicted molar refractivity (Wildman–Crippen MR) is 22.0 cm³/mol. The molecule has 0 aliphatic rings. The van der Waals surface area contributed by atoms with E-state index in [0.717, 1.165) is 0 Å². The van der Waals surface area contributed by atoms with E-state index in [9.17, 15) is 0 Å². The van der Waals surface area contributed by atoms with Crippen molar-refractivity contribution in [1.82, 2.24) is 0 Å². The molecule has 0 spiro atoms. The third kappa shape index (κ3) is 59.3. The molecule has 0 atom stereocenters. The maximum absolute atomic E-state index is 8.52. The molecule has 3 radical (unpaired) electrons. The third-order valence-corrected chi connectivity index (χ3v) is 0. The molecule has 0 saturated heterocycles. The Balaban J connectivity index is -0.0000000267. The maximum Gasteiger partial charge on any atom is 0.0563 e. The molecule has 0 aromatic heterocycles. The average molecular weight is 341 g/mol. The standard InChI is InChI=1S/C4H10O.3Y/c1-4(2,3)5;;;/h5H,1-3H3;;;. The fourth-order valence-electron chi connectivity index (χ4n) is 0. The Morgan fingerprint density at radius 3 is 0.875 bits per heavy atom. The molecule has 0 fully saturated rings. The molecule has 0 bridgehead atoms. The molecule has 0 aliphatic heterocycles. The molecule has 41 valence electrons. The van der Waals surface area contributed by atoms with Gasteiger partial charge in [-0.2, -0.15) is 0 Å². The molecule has 0 rings (SSSR count). The van der Waals surface area contributed by atoms with Crippen LogP contribution in [-0.4, -0.2) is 10.7 Å². The molecular weight excluding hydrogens is 331 g/mol. The zero-order chi connectivity index (χ0) is 4.50. The van der Waals surface area contributed by atoms with E-state index < -0.39 is 5.60 Å². The van der Waals surface area contributed by atoms with Crippen molar-refractivity contribution >= 4 is 0 Å². The zero-order valence-corrected chi connectivity index (χ0v) is 14.2. The minimum atomic E-state index is -0.500. The van der Waals surface area contributed by atoms with Crippen LogP contribution in [0.1, 0.15) is 20.8 Å². The minimum absolute atomic E-state index is 0. The summed E-state index contributed by atoms with van der Waals surface area (Å²) in [5.41, 5.74) is -0.500. The van der Waals surface area contributed by atoms with Crippen molar-refractivity contribution in [2.45, 2.75) is 26.4 Å². The van der Waals surface area contributed by atoms with Gasteiger partial charge in [-0.05, 0) is 20.8 Å². The van der Waals surface area contributed by atoms with Crippen molar-refractivity contribution in [3.05, 3.63) is 0 Å². The largest absolute Gasteiger partial charge is 0.391 e. The molecule has 0 heterocycles. The number of aliphatic hydroxyl groups is 1. The predicted octanol–water partition coefficient (Wildman–Crippen LogP) is 0.770. The second kappa shape index (κ2) is 10.3. The van der Waals surface area contributed by atoms with Gasteiger partial charge < -0.3 is 5.11 Å². The van der Waals surface area contributed by atoms with Crippen LogP contribution in [0.4, 0.5) is 0 Å². The summed E-state index contributed by atoms with van der Waals surface area (Å²) in [6, 6.07) is 0. The summed E-state index contributed by atoms with van der Waals surface area (Å²) >= 11 is 0. The molecule has 0 aromatic rings. The van der Waals surface area contributed by atoms with E-state index in [4.69, 9.17) is 5.11 Å². The van der Waals surface area contributed by atoms with Crippen molar-refractivity contribution in [3.63, 3.8) is 0 Å². The summed E-state index contributed by atoms with van der Waals surface area (Å²) < 4.78 is 0. The van der Waals surface area contributed by atoms with E-state index in [1.54, 1.807) is 20.8 Å². The monoisotopic (exact) mass is 341 g/mol. The smallest absolute Gasteiger partial charge is 0.0563 e. The van der Waals surface area contributed by atoms with E-state index in [1.165, 1.54) is 0 Å². The second-order valence-electron chi connectivity index (χ2n) is 2.17. The Bertz CT molecular complexity index is 26.8. The van der Waals surface area contributed by atoms with Crippen molar-refractivity contribution in [3.8, 4) is 0 Å². The second-order valence-corrected chi connectivity index (χ2v) is 2.17. The van der Waals surface area contributed by atoms with Gasteiger partial charge in [-0.1, -0.05) is 0 Å². The van der Waals surface area contributed by atoms with E-state index in [0.29, 0.717) is 0 Å². The Kier molecular flexibility index (Phi) is 28.9. The van der Waals surface area contributed by atoms with Crippen LogP contribution in [0.25, 0.3) is 0 Å². The topological polar surface area (TPSA) is 20.2 Å². The van der Waals surface area contributed by atoms with Crippen molar-refractivity contribution in [2.75, 3.05) is 0 Å². The van der Waals surface area contributed by atoms with Crippen molar-refractivity contribution < 1.29 is 103 Å². The maximum atomic E-state index is 8.52. The molecule has 0 aliphatic carbocycles. The van der Waals surface area contributed by atoms with Crippen LogP contribution in [0, 0.1) is 0 Å². The van der Waals surface area contributed by atoms with Crippen molar-refractivity contribution in [1.29, 1.82) is 0 Å². The van der Waals surface area contributed by atoms with E-state index in [-0.39, 0.29) is 98.1 Å². The van der Waals surface area contributed by atoms with Crippen LogP contribution in [-0.2, 0) is 98.1 Å².